The minimum Gasteiger partial charge on any atom is -0.480 e. The van der Waals surface area contributed by atoms with E-state index in [9.17, 15) is 33.9 Å². The van der Waals surface area contributed by atoms with Crippen LogP contribution in [-0.2, 0) is 28.8 Å². The number of hydrogen-bond acceptors (Lipinski definition) is 7. The molecule has 12 heteroatoms. The zero-order valence-electron chi connectivity index (χ0n) is 18.6. The third kappa shape index (κ3) is 14.9. The van der Waals surface area contributed by atoms with Gasteiger partial charge >= 0.3 is 11.9 Å². The van der Waals surface area contributed by atoms with Crippen molar-refractivity contribution in [2.45, 2.75) is 70.4 Å². The third-order valence-corrected chi connectivity index (χ3v) is 4.45. The highest BCUT2D eigenvalue weighted by Crippen LogP contribution is 2.02. The van der Waals surface area contributed by atoms with Crippen molar-refractivity contribution >= 4 is 35.4 Å². The first-order valence-corrected chi connectivity index (χ1v) is 10.5. The Morgan fingerprint density at radius 2 is 1.16 bits per heavy atom. The van der Waals surface area contributed by atoms with Crippen molar-refractivity contribution in [3.05, 3.63) is 0 Å². The molecule has 0 aliphatic heterocycles. The fourth-order valence-corrected chi connectivity index (χ4v) is 2.66. The number of aliphatic carboxylic acids is 2. The van der Waals surface area contributed by atoms with E-state index >= 15 is 0 Å². The van der Waals surface area contributed by atoms with E-state index in [-0.39, 0.29) is 57.3 Å². The van der Waals surface area contributed by atoms with Crippen molar-refractivity contribution in [2.75, 3.05) is 20.1 Å². The van der Waals surface area contributed by atoms with Gasteiger partial charge in [0.05, 0.1) is 0 Å². The number of Topliss-reactive ketones (excluding diaryl/α,β-unsaturated/α-hetero) is 1. The summed E-state index contributed by atoms with van der Waals surface area (Å²) in [5.41, 5.74) is 0. The second kappa shape index (κ2) is 16.6. The van der Waals surface area contributed by atoms with E-state index in [4.69, 9.17) is 5.11 Å². The maximum atomic E-state index is 11.9. The molecule has 0 saturated heterocycles. The van der Waals surface area contributed by atoms with Gasteiger partial charge < -0.3 is 36.3 Å². The van der Waals surface area contributed by atoms with E-state index in [0.717, 1.165) is 0 Å². The molecule has 6 N–H and O–H groups in total. The first kappa shape index (κ1) is 29.0. The molecule has 182 valence electrons. The molecule has 0 aromatic rings. The molecular formula is C20H34N4O8. The topological polar surface area (TPSA) is 191 Å². The van der Waals surface area contributed by atoms with Crippen LogP contribution >= 0.6 is 0 Å². The summed E-state index contributed by atoms with van der Waals surface area (Å²) in [4.78, 5) is 68.9. The Kier molecular flexibility index (Phi) is 15.1. The maximum absolute atomic E-state index is 11.9. The van der Waals surface area contributed by atoms with Gasteiger partial charge in [-0.25, -0.2) is 9.59 Å². The molecule has 0 bridgehead atoms. The molecule has 0 aliphatic rings. The van der Waals surface area contributed by atoms with Crippen molar-refractivity contribution in [2.24, 2.45) is 0 Å². The molecule has 0 aromatic heterocycles. The number of carbonyl (C=O) groups excluding carboxylic acids is 4. The molecule has 12 nitrogen and oxygen atoms in total. The molecule has 0 aromatic carbocycles. The molecule has 0 rings (SSSR count). The van der Waals surface area contributed by atoms with E-state index in [0.29, 0.717) is 13.0 Å². The fraction of sp³-hybridized carbons (Fsp3) is 0.700. The summed E-state index contributed by atoms with van der Waals surface area (Å²) in [5.74, 6) is -3.97. The largest absolute Gasteiger partial charge is 0.480 e. The zero-order chi connectivity index (χ0) is 24.5. The molecule has 0 heterocycles. The highest BCUT2D eigenvalue weighted by atomic mass is 16.4. The van der Waals surface area contributed by atoms with Crippen LogP contribution in [0.2, 0.25) is 0 Å². The Morgan fingerprint density at radius 1 is 0.688 bits per heavy atom. The van der Waals surface area contributed by atoms with E-state index < -0.39 is 41.7 Å². The van der Waals surface area contributed by atoms with Crippen molar-refractivity contribution in [1.29, 1.82) is 0 Å². The van der Waals surface area contributed by atoms with Gasteiger partial charge in [-0.3, -0.25) is 14.4 Å². The summed E-state index contributed by atoms with van der Waals surface area (Å²) >= 11 is 0. The minimum atomic E-state index is -1.23. The summed E-state index contributed by atoms with van der Waals surface area (Å²) < 4.78 is 0. The summed E-state index contributed by atoms with van der Waals surface area (Å²) in [5, 5.41) is 28.4. The van der Waals surface area contributed by atoms with Crippen molar-refractivity contribution < 1.29 is 39.0 Å². The molecule has 32 heavy (non-hydrogen) atoms. The molecule has 2 atom stereocenters. The number of nitrogens with one attached hydrogen (secondary N) is 4. The number of hydrogen-bond donors (Lipinski definition) is 6. The van der Waals surface area contributed by atoms with Crippen molar-refractivity contribution in [3.8, 4) is 0 Å². The van der Waals surface area contributed by atoms with Gasteiger partial charge in [0.2, 0.25) is 17.7 Å². The van der Waals surface area contributed by atoms with Crippen LogP contribution < -0.4 is 21.3 Å². The lowest BCUT2D eigenvalue weighted by Crippen LogP contribution is -2.42. The van der Waals surface area contributed by atoms with Crippen LogP contribution in [0.3, 0.4) is 0 Å². The Balaban J connectivity index is 4.19. The molecule has 0 spiro atoms. The van der Waals surface area contributed by atoms with Gasteiger partial charge in [0.25, 0.3) is 0 Å². The quantitative estimate of drug-likeness (QED) is 0.142. The number of carboxylic acids is 2. The maximum Gasteiger partial charge on any atom is 0.326 e. The second-order valence-electron chi connectivity index (χ2n) is 7.36. The summed E-state index contributed by atoms with van der Waals surface area (Å²) in [7, 11) is 1.74. The SMILES string of the molecule is CNCCCC(=O)NC(CCC(=O)NCCCC(=O)NC(CCC(C)=O)C(=O)O)C(=O)O. The van der Waals surface area contributed by atoms with Crippen LogP contribution in [0.15, 0.2) is 0 Å². The average molecular weight is 459 g/mol. The normalized spacial score (nSPS) is 12.3. The molecule has 2 unspecified atom stereocenters. The van der Waals surface area contributed by atoms with E-state index in [1.807, 2.05) is 0 Å². The highest BCUT2D eigenvalue weighted by molar-refractivity contribution is 5.85. The van der Waals surface area contributed by atoms with E-state index in [2.05, 4.69) is 21.3 Å². The van der Waals surface area contributed by atoms with Gasteiger partial charge in [0.15, 0.2) is 0 Å². The molecule has 3 amide bonds. The number of carbonyl (C=O) groups is 6. The van der Waals surface area contributed by atoms with E-state index in [1.54, 1.807) is 7.05 Å². The van der Waals surface area contributed by atoms with Crippen LogP contribution in [-0.4, -0.2) is 77.9 Å². The van der Waals surface area contributed by atoms with Crippen LogP contribution in [0.4, 0.5) is 0 Å². The predicted octanol–water partition coefficient (Wildman–Crippen LogP) is -0.829. The van der Waals surface area contributed by atoms with Gasteiger partial charge in [-0.15, -0.1) is 0 Å². The predicted molar refractivity (Wildman–Crippen MR) is 114 cm³/mol. The zero-order valence-corrected chi connectivity index (χ0v) is 18.6. The van der Waals surface area contributed by atoms with Crippen LogP contribution in [0.1, 0.15) is 58.3 Å². The minimum absolute atomic E-state index is 0.00389. The molecule has 0 fully saturated rings. The Hall–Kier alpha value is -3.02. The smallest absolute Gasteiger partial charge is 0.326 e. The van der Waals surface area contributed by atoms with E-state index in [1.165, 1.54) is 6.92 Å². The monoisotopic (exact) mass is 458 g/mol. The summed E-state index contributed by atoms with van der Waals surface area (Å²) in [6, 6.07) is -2.32. The van der Waals surface area contributed by atoms with Crippen molar-refractivity contribution in [1.82, 2.24) is 21.3 Å². The first-order valence-electron chi connectivity index (χ1n) is 10.5. The number of carboxylic acid groups (broad SMARTS) is 2. The van der Waals surface area contributed by atoms with Gasteiger partial charge in [-0.1, -0.05) is 0 Å². The number of ketones is 1. The first-order chi connectivity index (χ1) is 15.1. The molecule has 0 radical (unpaired) electrons. The fourth-order valence-electron chi connectivity index (χ4n) is 2.66. The lowest BCUT2D eigenvalue weighted by atomic mass is 10.1. The molecular weight excluding hydrogens is 424 g/mol. The molecule has 0 saturated carbocycles. The number of amides is 3. The van der Waals surface area contributed by atoms with Crippen molar-refractivity contribution in [3.63, 3.8) is 0 Å². The highest BCUT2D eigenvalue weighted by Gasteiger charge is 2.21. The van der Waals surface area contributed by atoms with Gasteiger partial charge in [0, 0.05) is 32.2 Å². The lowest BCUT2D eigenvalue weighted by Gasteiger charge is -2.15. The number of rotatable bonds is 18. The second-order valence-corrected chi connectivity index (χ2v) is 7.36. The Labute approximate surface area is 186 Å². The van der Waals surface area contributed by atoms with Gasteiger partial charge in [-0.2, -0.15) is 0 Å². The van der Waals surface area contributed by atoms with Crippen LogP contribution in [0, 0.1) is 0 Å². The van der Waals surface area contributed by atoms with Crippen LogP contribution in [0.25, 0.3) is 0 Å². The van der Waals surface area contributed by atoms with Crippen LogP contribution in [0.5, 0.6) is 0 Å². The summed E-state index contributed by atoms with van der Waals surface area (Å²) in [6.07, 6.45) is 0.821. The average Bonchev–Trinajstić information content (AvgIpc) is 2.71. The summed E-state index contributed by atoms with van der Waals surface area (Å²) in [6.45, 7) is 2.11. The standard InChI is InChI=1S/C20H34N4O8/c1-13(25)7-8-14(19(29)30)23-18(28)6-4-12-22-16(26)10-9-15(20(31)32)24-17(27)5-3-11-21-2/h14-15,21H,3-12H2,1-2H3,(H,22,26)(H,23,28)(H,24,27)(H,29,30)(H,31,32). The third-order valence-electron chi connectivity index (χ3n) is 4.45. The lowest BCUT2D eigenvalue weighted by molar-refractivity contribution is -0.142. The Bertz CT molecular complexity index is 668. The molecule has 0 aliphatic carbocycles. The Morgan fingerprint density at radius 3 is 1.59 bits per heavy atom. The van der Waals surface area contributed by atoms with Gasteiger partial charge in [0.1, 0.15) is 17.9 Å². The van der Waals surface area contributed by atoms with Gasteiger partial charge in [-0.05, 0) is 46.2 Å².